The molecule has 200 valence electrons. The zero-order valence-electron chi connectivity index (χ0n) is 21.3. The molecule has 0 unspecified atom stereocenters. The van der Waals surface area contributed by atoms with Crippen LogP contribution in [0.2, 0.25) is 0 Å². The fraction of sp³-hybridized carbons (Fsp3) is 0.286. The molecule has 0 saturated carbocycles. The van der Waals surface area contributed by atoms with Gasteiger partial charge >= 0.3 is 11.9 Å². The largest absolute Gasteiger partial charge is 0.504 e. The van der Waals surface area contributed by atoms with E-state index < -0.39 is 23.8 Å². The van der Waals surface area contributed by atoms with E-state index in [4.69, 9.17) is 10.2 Å². The van der Waals surface area contributed by atoms with Crippen molar-refractivity contribution in [2.45, 2.75) is 40.5 Å². The SMILES string of the molecule is C[C@@H](CC(=O)c1cc2cc(O)c(O)cc2s1)C(=O)O.Cc1cc2cc(C(=O)C[C@H](C)C(=O)O)sc2cc1C. The molecule has 10 heteroatoms. The Morgan fingerprint density at radius 1 is 0.658 bits per heavy atom. The minimum absolute atomic E-state index is 0.0557. The van der Waals surface area contributed by atoms with Crippen LogP contribution >= 0.6 is 22.7 Å². The third-order valence-electron chi connectivity index (χ3n) is 6.12. The van der Waals surface area contributed by atoms with Gasteiger partial charge in [0.15, 0.2) is 23.1 Å². The van der Waals surface area contributed by atoms with E-state index in [1.807, 2.05) is 19.9 Å². The van der Waals surface area contributed by atoms with Gasteiger partial charge in [-0.05, 0) is 60.0 Å². The number of fused-ring (bicyclic) bond motifs is 2. The summed E-state index contributed by atoms with van der Waals surface area (Å²) in [6, 6.07) is 10.4. The number of carboxylic acid groups (broad SMARTS) is 2. The van der Waals surface area contributed by atoms with Crippen LogP contribution in [0.4, 0.5) is 0 Å². The van der Waals surface area contributed by atoms with Crippen molar-refractivity contribution in [1.82, 2.24) is 0 Å². The number of thiophene rings is 2. The highest BCUT2D eigenvalue weighted by molar-refractivity contribution is 7.21. The third-order valence-corrected chi connectivity index (χ3v) is 8.40. The molecular formula is C28H28O8S2. The lowest BCUT2D eigenvalue weighted by Crippen LogP contribution is -2.13. The molecule has 4 rings (SSSR count). The molecule has 4 aromatic rings. The van der Waals surface area contributed by atoms with E-state index in [9.17, 15) is 29.4 Å². The molecule has 0 aliphatic carbocycles. The number of carbonyl (C=O) groups excluding carboxylic acids is 2. The summed E-state index contributed by atoms with van der Waals surface area (Å²) in [5, 5.41) is 38.1. The van der Waals surface area contributed by atoms with E-state index in [-0.39, 0.29) is 35.9 Å². The number of benzene rings is 2. The predicted molar refractivity (Wildman–Crippen MR) is 148 cm³/mol. The molecule has 4 N–H and O–H groups in total. The number of Topliss-reactive ketones (excluding diaryl/α,β-unsaturated/α-hetero) is 2. The number of phenols is 2. The number of phenolic OH excluding ortho intramolecular Hbond substituents is 2. The predicted octanol–water partition coefficient (Wildman–Crippen LogP) is 6.42. The van der Waals surface area contributed by atoms with Crippen LogP contribution in [0.3, 0.4) is 0 Å². The molecule has 2 heterocycles. The summed E-state index contributed by atoms with van der Waals surface area (Å²) >= 11 is 2.61. The van der Waals surface area contributed by atoms with Crippen LogP contribution < -0.4 is 0 Å². The van der Waals surface area contributed by atoms with E-state index in [1.54, 1.807) is 13.0 Å². The van der Waals surface area contributed by atoms with Crippen LogP contribution in [0.15, 0.2) is 36.4 Å². The first-order valence-corrected chi connectivity index (χ1v) is 13.4. The number of hydrogen-bond donors (Lipinski definition) is 4. The normalized spacial score (nSPS) is 12.5. The molecule has 0 amide bonds. The Bertz CT molecular complexity index is 1350. The summed E-state index contributed by atoms with van der Waals surface area (Å²) in [6.07, 6.45) is -0.0137. The molecule has 2 aromatic heterocycles. The molecule has 0 bridgehead atoms. The fourth-order valence-electron chi connectivity index (χ4n) is 3.57. The second-order valence-electron chi connectivity index (χ2n) is 9.31. The summed E-state index contributed by atoms with van der Waals surface area (Å²) in [5.74, 6) is -4.15. The van der Waals surface area contributed by atoms with Gasteiger partial charge in [0.05, 0.1) is 21.6 Å². The average molecular weight is 557 g/mol. The molecule has 0 aliphatic rings. The molecule has 38 heavy (non-hydrogen) atoms. The van der Waals surface area contributed by atoms with Crippen molar-refractivity contribution in [3.8, 4) is 11.5 Å². The van der Waals surface area contributed by atoms with Crippen LogP contribution in [0.5, 0.6) is 11.5 Å². The van der Waals surface area contributed by atoms with Crippen molar-refractivity contribution in [1.29, 1.82) is 0 Å². The van der Waals surface area contributed by atoms with E-state index in [2.05, 4.69) is 12.1 Å². The van der Waals surface area contributed by atoms with Gasteiger partial charge in [-0.2, -0.15) is 0 Å². The van der Waals surface area contributed by atoms with E-state index in [0.29, 0.717) is 19.8 Å². The Kier molecular flexibility index (Phi) is 8.90. The minimum Gasteiger partial charge on any atom is -0.504 e. The quantitative estimate of drug-likeness (QED) is 0.143. The fourth-order valence-corrected chi connectivity index (χ4v) is 5.69. The maximum Gasteiger partial charge on any atom is 0.306 e. The third kappa shape index (κ3) is 6.76. The van der Waals surface area contributed by atoms with Crippen LogP contribution in [-0.4, -0.2) is 43.9 Å². The first-order chi connectivity index (χ1) is 17.8. The van der Waals surface area contributed by atoms with Crippen molar-refractivity contribution in [2.24, 2.45) is 11.8 Å². The lowest BCUT2D eigenvalue weighted by Gasteiger charge is -2.02. The Morgan fingerprint density at radius 2 is 1.05 bits per heavy atom. The Morgan fingerprint density at radius 3 is 1.53 bits per heavy atom. The Labute approximate surface area is 226 Å². The molecule has 2 aromatic carbocycles. The van der Waals surface area contributed by atoms with Crippen molar-refractivity contribution < 1.29 is 39.6 Å². The Balaban J connectivity index is 0.000000211. The van der Waals surface area contributed by atoms with Gasteiger partial charge in [0, 0.05) is 28.3 Å². The number of hydrogen-bond acceptors (Lipinski definition) is 8. The number of aliphatic carboxylic acids is 2. The van der Waals surface area contributed by atoms with Gasteiger partial charge in [0.1, 0.15) is 0 Å². The van der Waals surface area contributed by atoms with Crippen molar-refractivity contribution in [3.63, 3.8) is 0 Å². The topological polar surface area (TPSA) is 149 Å². The number of aryl methyl sites for hydroxylation is 2. The second-order valence-corrected chi connectivity index (χ2v) is 11.5. The first-order valence-electron chi connectivity index (χ1n) is 11.7. The van der Waals surface area contributed by atoms with Crippen LogP contribution in [0.1, 0.15) is 57.2 Å². The monoisotopic (exact) mass is 556 g/mol. The van der Waals surface area contributed by atoms with Crippen LogP contribution in [0.25, 0.3) is 20.2 Å². The summed E-state index contributed by atoms with van der Waals surface area (Å²) < 4.78 is 1.75. The highest BCUT2D eigenvalue weighted by Crippen LogP contribution is 2.35. The maximum atomic E-state index is 12.0. The molecule has 8 nitrogen and oxygen atoms in total. The van der Waals surface area contributed by atoms with Gasteiger partial charge < -0.3 is 20.4 Å². The summed E-state index contributed by atoms with van der Waals surface area (Å²) in [7, 11) is 0. The zero-order valence-corrected chi connectivity index (χ0v) is 22.9. The van der Waals surface area contributed by atoms with E-state index in [1.165, 1.54) is 52.9 Å². The van der Waals surface area contributed by atoms with E-state index >= 15 is 0 Å². The molecular weight excluding hydrogens is 528 g/mol. The smallest absolute Gasteiger partial charge is 0.306 e. The van der Waals surface area contributed by atoms with Gasteiger partial charge in [0.2, 0.25) is 0 Å². The lowest BCUT2D eigenvalue weighted by atomic mass is 10.0. The second kappa shape index (κ2) is 11.7. The number of aromatic hydroxyl groups is 2. The summed E-state index contributed by atoms with van der Waals surface area (Å²) in [4.78, 5) is 46.5. The highest BCUT2D eigenvalue weighted by Gasteiger charge is 2.20. The molecule has 0 radical (unpaired) electrons. The zero-order chi connectivity index (χ0) is 28.3. The molecule has 2 atom stereocenters. The van der Waals surface area contributed by atoms with Crippen LogP contribution in [0, 0.1) is 25.7 Å². The Hall–Kier alpha value is -3.76. The van der Waals surface area contributed by atoms with Gasteiger partial charge in [-0.3, -0.25) is 19.2 Å². The van der Waals surface area contributed by atoms with Crippen molar-refractivity contribution in [2.75, 3.05) is 0 Å². The standard InChI is InChI=1S/C15H16O3S.C13H12O5S/c1-8-4-11-7-14(19-13(11)6-9(8)2)12(16)5-10(3)15(17)18;1-6(13(17)18)2-10(16)12-4-7-3-8(14)9(15)5-11(7)19-12/h4,6-7,10H,5H2,1-3H3,(H,17,18);3-6,14-15H,2H2,1H3,(H,17,18)/t10-;6-/m00/s1. The summed E-state index contributed by atoms with van der Waals surface area (Å²) in [5.41, 5.74) is 2.40. The number of rotatable bonds is 8. The minimum atomic E-state index is -1.01. The van der Waals surface area contributed by atoms with Gasteiger partial charge in [-0.25, -0.2) is 0 Å². The number of carboxylic acids is 2. The van der Waals surface area contributed by atoms with Gasteiger partial charge in [0.25, 0.3) is 0 Å². The van der Waals surface area contributed by atoms with Crippen molar-refractivity contribution >= 4 is 66.4 Å². The molecule has 0 fully saturated rings. The number of carbonyl (C=O) groups is 4. The average Bonchev–Trinajstić information content (AvgIpc) is 3.43. The van der Waals surface area contributed by atoms with E-state index in [0.717, 1.165) is 10.1 Å². The lowest BCUT2D eigenvalue weighted by molar-refractivity contribution is -0.141. The molecule has 0 aliphatic heterocycles. The molecule has 0 saturated heterocycles. The summed E-state index contributed by atoms with van der Waals surface area (Å²) in [6.45, 7) is 7.12. The number of ketones is 2. The van der Waals surface area contributed by atoms with Gasteiger partial charge in [-0.1, -0.05) is 19.9 Å². The first kappa shape index (κ1) is 28.8. The highest BCUT2D eigenvalue weighted by atomic mass is 32.1. The maximum absolute atomic E-state index is 12.0. The molecule has 0 spiro atoms. The van der Waals surface area contributed by atoms with Crippen LogP contribution in [-0.2, 0) is 9.59 Å². The van der Waals surface area contributed by atoms with Gasteiger partial charge in [-0.15, -0.1) is 22.7 Å². The van der Waals surface area contributed by atoms with Crippen molar-refractivity contribution in [3.05, 3.63) is 57.3 Å².